The van der Waals surface area contributed by atoms with Crippen molar-refractivity contribution in [3.8, 4) is 0 Å². The van der Waals surface area contributed by atoms with E-state index in [2.05, 4.69) is 16.5 Å². The molecule has 0 N–H and O–H groups in total. The molecule has 0 saturated heterocycles. The molecule has 1 aromatic heterocycles. The second-order valence-electron chi connectivity index (χ2n) is 1.60. The normalized spacial score (nSPS) is 7.10. The van der Waals surface area contributed by atoms with E-state index >= 15 is 0 Å². The number of rotatable bonds is 0. The van der Waals surface area contributed by atoms with Crippen molar-refractivity contribution in [2.75, 3.05) is 0 Å². The monoisotopic (exact) mass is 214 g/mol. The van der Waals surface area contributed by atoms with E-state index in [0.29, 0.717) is 0 Å². The summed E-state index contributed by atoms with van der Waals surface area (Å²) in [5.41, 5.74) is 0. The molecule has 0 unspecified atom stereocenters. The Hall–Kier alpha value is 0.244. The van der Waals surface area contributed by atoms with Crippen LogP contribution in [0.4, 0.5) is 0 Å². The molecule has 10 heavy (non-hydrogen) atoms. The molecule has 52 valence electrons. The number of aromatic nitrogens is 3. The van der Waals surface area contributed by atoms with E-state index in [9.17, 15) is 0 Å². The molecule has 0 atom stereocenters. The van der Waals surface area contributed by atoms with E-state index in [0.717, 1.165) is 0 Å². The molecule has 0 bridgehead atoms. The summed E-state index contributed by atoms with van der Waals surface area (Å²) in [6.07, 6.45) is 6.18. The first-order chi connectivity index (χ1) is 4.31. The van der Waals surface area contributed by atoms with Gasteiger partial charge in [-0.15, -0.1) is 11.4 Å². The molecule has 4 heteroatoms. The van der Waals surface area contributed by atoms with Crippen LogP contribution < -0.4 is 0 Å². The molecule has 0 aliphatic carbocycles. The molecule has 0 aliphatic heterocycles. The maximum atomic E-state index is 3.53. The fraction of sp³-hybridized carbons (Fsp3) is 0.500. The number of hydrogen-bond donors (Lipinski definition) is 0. The summed E-state index contributed by atoms with van der Waals surface area (Å²) in [5, 5.41) is 6.94. The van der Waals surface area contributed by atoms with Gasteiger partial charge in [0.25, 0.3) is 0 Å². The third kappa shape index (κ3) is 8.24. The van der Waals surface area contributed by atoms with Crippen molar-refractivity contribution in [1.29, 1.82) is 0 Å². The molecule has 0 aliphatic rings. The average molecular weight is 214 g/mol. The fourth-order valence-electron chi connectivity index (χ4n) is 0.232. The topological polar surface area (TPSA) is 30.7 Å². The summed E-state index contributed by atoms with van der Waals surface area (Å²) in [6, 6.07) is 0. The molecule has 0 amide bonds. The Labute approximate surface area is 87.1 Å². The fourth-order valence-corrected chi connectivity index (χ4v) is 0.232. The zero-order valence-electron chi connectivity index (χ0n) is 6.57. The standard InChI is InChI=1S/C3H4N3.C3H7.Y/c1-6-3-2-4-5-6;1-3-2;/h3H,1H3;3H,1-2H3;/q2*-1;+3. The van der Waals surface area contributed by atoms with Crippen molar-refractivity contribution < 1.29 is 32.7 Å². The molecule has 0 spiro atoms. The van der Waals surface area contributed by atoms with Gasteiger partial charge in [-0.05, 0) is 0 Å². The van der Waals surface area contributed by atoms with Crippen molar-refractivity contribution in [3.05, 3.63) is 18.8 Å². The van der Waals surface area contributed by atoms with E-state index in [1.54, 1.807) is 17.9 Å². The molecule has 0 fully saturated rings. The zero-order valence-corrected chi connectivity index (χ0v) is 9.41. The van der Waals surface area contributed by atoms with Crippen molar-refractivity contribution >= 4 is 0 Å². The number of nitrogens with zero attached hydrogens (tertiary/aromatic N) is 3. The van der Waals surface area contributed by atoms with E-state index < -0.39 is 0 Å². The van der Waals surface area contributed by atoms with E-state index in [1.807, 2.05) is 20.3 Å². The minimum absolute atomic E-state index is 0. The van der Waals surface area contributed by atoms with Gasteiger partial charge in [-0.2, -0.15) is 13.8 Å². The molecule has 0 radical (unpaired) electrons. The number of hydrogen-bond acceptors (Lipinski definition) is 2. The van der Waals surface area contributed by atoms with Crippen LogP contribution in [0, 0.1) is 12.6 Å². The second kappa shape index (κ2) is 9.24. The van der Waals surface area contributed by atoms with Crippen LogP contribution in [0.3, 0.4) is 0 Å². The van der Waals surface area contributed by atoms with Gasteiger partial charge >= 0.3 is 32.7 Å². The van der Waals surface area contributed by atoms with E-state index in [4.69, 9.17) is 0 Å². The maximum Gasteiger partial charge on any atom is 3.00 e. The third-order valence-electron chi connectivity index (χ3n) is 0.488. The largest absolute Gasteiger partial charge is 3.00 e. The molecule has 1 rings (SSSR count). The molecule has 0 saturated carbocycles. The van der Waals surface area contributed by atoms with Crippen LogP contribution >= 0.6 is 0 Å². The summed E-state index contributed by atoms with van der Waals surface area (Å²) in [6.45, 7) is 4.00. The van der Waals surface area contributed by atoms with Crippen LogP contribution in [0.25, 0.3) is 0 Å². The smallest absolute Gasteiger partial charge is 0.352 e. The molecular formula is C6H11N3Y+. The first kappa shape index (κ1) is 12.9. The zero-order chi connectivity index (χ0) is 7.11. The third-order valence-corrected chi connectivity index (χ3v) is 0.488. The maximum absolute atomic E-state index is 3.53. The molecule has 0 aromatic carbocycles. The summed E-state index contributed by atoms with van der Waals surface area (Å²) in [5.74, 6) is 0. The average Bonchev–Trinajstić information content (AvgIpc) is 2.20. The van der Waals surface area contributed by atoms with Gasteiger partial charge in [-0.25, -0.2) is 0 Å². The molecule has 1 aromatic rings. The van der Waals surface area contributed by atoms with Crippen LogP contribution in [0.15, 0.2) is 6.20 Å². The van der Waals surface area contributed by atoms with Crippen molar-refractivity contribution in [1.82, 2.24) is 15.0 Å². The van der Waals surface area contributed by atoms with Crippen LogP contribution in [0.1, 0.15) is 13.8 Å². The Morgan fingerprint density at radius 3 is 2.10 bits per heavy atom. The predicted molar refractivity (Wildman–Crippen MR) is 35.5 cm³/mol. The van der Waals surface area contributed by atoms with Gasteiger partial charge in [0, 0.05) is 7.05 Å². The van der Waals surface area contributed by atoms with Gasteiger partial charge in [-0.1, -0.05) is 0 Å². The Morgan fingerprint density at radius 2 is 2.00 bits per heavy atom. The Morgan fingerprint density at radius 1 is 1.50 bits per heavy atom. The minimum Gasteiger partial charge on any atom is -0.352 e. The Balaban J connectivity index is 0. The van der Waals surface area contributed by atoms with Crippen LogP contribution in [-0.4, -0.2) is 15.0 Å². The Kier molecular flexibility index (Phi) is 11.9. The van der Waals surface area contributed by atoms with Crippen LogP contribution in [0.2, 0.25) is 0 Å². The van der Waals surface area contributed by atoms with Crippen LogP contribution in [-0.2, 0) is 39.8 Å². The van der Waals surface area contributed by atoms with Crippen molar-refractivity contribution in [3.63, 3.8) is 0 Å². The summed E-state index contributed by atoms with van der Waals surface area (Å²) in [7, 11) is 1.80. The molecular weight excluding hydrogens is 203 g/mol. The first-order valence-corrected chi connectivity index (χ1v) is 2.77. The Bertz CT molecular complexity index is 128. The van der Waals surface area contributed by atoms with Gasteiger partial charge in [0.15, 0.2) is 0 Å². The summed E-state index contributed by atoms with van der Waals surface area (Å²) in [4.78, 5) is 0. The van der Waals surface area contributed by atoms with Crippen molar-refractivity contribution in [2.24, 2.45) is 7.05 Å². The summed E-state index contributed by atoms with van der Waals surface area (Å²) >= 11 is 0. The van der Waals surface area contributed by atoms with E-state index in [1.165, 1.54) is 0 Å². The number of aryl methyl sites for hydroxylation is 1. The van der Waals surface area contributed by atoms with Crippen LogP contribution in [0.5, 0.6) is 0 Å². The predicted octanol–water partition coefficient (Wildman–Crippen LogP) is 0.843. The van der Waals surface area contributed by atoms with Gasteiger partial charge in [-0.3, -0.25) is 4.68 Å². The van der Waals surface area contributed by atoms with Gasteiger partial charge < -0.3 is 17.7 Å². The molecule has 3 nitrogen and oxygen atoms in total. The van der Waals surface area contributed by atoms with Gasteiger partial charge in [0.1, 0.15) is 0 Å². The van der Waals surface area contributed by atoms with Gasteiger partial charge in [0.05, 0.1) is 0 Å². The molecule has 1 heterocycles. The summed E-state index contributed by atoms with van der Waals surface area (Å²) < 4.78 is 1.58. The SMILES string of the molecule is C[CH-]C.Cn1c[c-]nn1.[Y+3]. The quantitative estimate of drug-likeness (QED) is 0.599. The van der Waals surface area contributed by atoms with Crippen molar-refractivity contribution in [2.45, 2.75) is 13.8 Å². The van der Waals surface area contributed by atoms with E-state index in [-0.39, 0.29) is 32.7 Å². The first-order valence-electron chi connectivity index (χ1n) is 2.77. The van der Waals surface area contributed by atoms with Gasteiger partial charge in [0.2, 0.25) is 0 Å². The second-order valence-corrected chi connectivity index (χ2v) is 1.60. The minimum atomic E-state index is 0.